The highest BCUT2D eigenvalue weighted by molar-refractivity contribution is 8.16. The van der Waals surface area contributed by atoms with Gasteiger partial charge in [0.15, 0.2) is 0 Å². The van der Waals surface area contributed by atoms with Crippen LogP contribution in [-0.2, 0) is 0 Å². The molecule has 130 valence electrons. The minimum Gasteiger partial charge on any atom is -0.341 e. The van der Waals surface area contributed by atoms with Crippen LogP contribution in [0.3, 0.4) is 0 Å². The highest BCUT2D eigenvalue weighted by Gasteiger charge is 2.22. The summed E-state index contributed by atoms with van der Waals surface area (Å²) in [4.78, 5) is 14.3. The number of nitrogens with zero attached hydrogens (tertiary/aromatic N) is 1. The van der Waals surface area contributed by atoms with Gasteiger partial charge >= 0.3 is 0 Å². The Morgan fingerprint density at radius 2 is 1.83 bits per heavy atom. The van der Waals surface area contributed by atoms with Gasteiger partial charge in [-0.05, 0) is 47.6 Å². The third-order valence-corrected chi connectivity index (χ3v) is 6.84. The van der Waals surface area contributed by atoms with Gasteiger partial charge in [0.1, 0.15) is 0 Å². The lowest BCUT2D eigenvalue weighted by Gasteiger charge is -2.29. The van der Waals surface area contributed by atoms with Crippen LogP contribution in [0.4, 0.5) is 0 Å². The van der Waals surface area contributed by atoms with Crippen molar-refractivity contribution in [2.24, 2.45) is 11.1 Å². The van der Waals surface area contributed by atoms with Crippen LogP contribution in [0, 0.1) is 5.41 Å². The molecule has 6 heteroatoms. The number of nitrogens with two attached hydrogens (primary N) is 1. The molecule has 3 nitrogen and oxygen atoms in total. The fourth-order valence-corrected chi connectivity index (χ4v) is 5.36. The van der Waals surface area contributed by atoms with Gasteiger partial charge in [-0.25, -0.2) is 0 Å². The van der Waals surface area contributed by atoms with Crippen LogP contribution in [0.2, 0.25) is 0 Å². The molecule has 0 spiro atoms. The maximum Gasteiger partial charge on any atom is 0.253 e. The molecule has 1 aromatic rings. The summed E-state index contributed by atoms with van der Waals surface area (Å²) < 4.78 is 0.520. The highest BCUT2D eigenvalue weighted by Crippen LogP contribution is 2.43. The van der Waals surface area contributed by atoms with Crippen LogP contribution >= 0.6 is 35.9 Å². The van der Waals surface area contributed by atoms with Crippen molar-refractivity contribution in [1.82, 2.24) is 4.90 Å². The van der Waals surface area contributed by atoms with E-state index in [2.05, 4.69) is 26.0 Å². The Kier molecular flexibility index (Phi) is 8.28. The first-order valence-corrected chi connectivity index (χ1v) is 9.81. The van der Waals surface area contributed by atoms with Crippen molar-refractivity contribution in [3.8, 4) is 0 Å². The van der Waals surface area contributed by atoms with E-state index in [0.717, 1.165) is 5.56 Å². The zero-order chi connectivity index (χ0) is 16.2. The summed E-state index contributed by atoms with van der Waals surface area (Å²) in [6.45, 7) is 5.40. The van der Waals surface area contributed by atoms with Crippen molar-refractivity contribution in [3.05, 3.63) is 35.4 Å². The molecule has 1 saturated heterocycles. The van der Waals surface area contributed by atoms with Crippen molar-refractivity contribution in [2.45, 2.75) is 24.9 Å². The molecule has 2 N–H and O–H groups in total. The molecule has 1 aliphatic heterocycles. The van der Waals surface area contributed by atoms with E-state index >= 15 is 0 Å². The SMILES string of the molecule is CN(CC(C)(C)CN)C(=O)c1ccc(C2SCCCS2)cc1.Cl. The molecule has 2 rings (SSSR count). The number of hydrogen-bond acceptors (Lipinski definition) is 4. The van der Waals surface area contributed by atoms with Crippen LogP contribution in [0.15, 0.2) is 24.3 Å². The summed E-state index contributed by atoms with van der Waals surface area (Å²) in [5.41, 5.74) is 7.77. The van der Waals surface area contributed by atoms with E-state index in [9.17, 15) is 4.79 Å². The molecule has 1 fully saturated rings. The molecule has 0 aromatic heterocycles. The molecular formula is C17H27ClN2OS2. The number of halogens is 1. The summed E-state index contributed by atoms with van der Waals surface area (Å²) >= 11 is 4.00. The number of amides is 1. The van der Waals surface area contributed by atoms with E-state index in [0.29, 0.717) is 17.7 Å². The normalized spacial score (nSPS) is 15.8. The smallest absolute Gasteiger partial charge is 0.253 e. The summed E-state index contributed by atoms with van der Waals surface area (Å²) in [7, 11) is 1.85. The second kappa shape index (κ2) is 9.21. The molecule has 1 aromatic carbocycles. The monoisotopic (exact) mass is 374 g/mol. The van der Waals surface area contributed by atoms with Gasteiger partial charge in [-0.15, -0.1) is 35.9 Å². The van der Waals surface area contributed by atoms with E-state index in [1.165, 1.54) is 23.5 Å². The van der Waals surface area contributed by atoms with E-state index < -0.39 is 0 Å². The Bertz CT molecular complexity index is 502. The van der Waals surface area contributed by atoms with E-state index in [-0.39, 0.29) is 23.7 Å². The molecule has 0 unspecified atom stereocenters. The van der Waals surface area contributed by atoms with Crippen LogP contribution in [0.5, 0.6) is 0 Å². The van der Waals surface area contributed by atoms with Crippen LogP contribution < -0.4 is 5.73 Å². The number of carbonyl (C=O) groups excluding carboxylic acids is 1. The average Bonchev–Trinajstić information content (AvgIpc) is 2.55. The topological polar surface area (TPSA) is 46.3 Å². The summed E-state index contributed by atoms with van der Waals surface area (Å²) in [6, 6.07) is 8.12. The number of hydrogen-bond donors (Lipinski definition) is 1. The maximum absolute atomic E-state index is 12.5. The number of benzene rings is 1. The molecule has 0 saturated carbocycles. The van der Waals surface area contributed by atoms with Gasteiger partial charge in [0.25, 0.3) is 5.91 Å². The van der Waals surface area contributed by atoms with Crippen LogP contribution in [0.25, 0.3) is 0 Å². The maximum atomic E-state index is 12.5. The molecule has 0 aliphatic carbocycles. The quantitative estimate of drug-likeness (QED) is 0.844. The lowest BCUT2D eigenvalue weighted by atomic mass is 9.93. The lowest BCUT2D eigenvalue weighted by Crippen LogP contribution is -2.39. The van der Waals surface area contributed by atoms with Crippen molar-refractivity contribution in [3.63, 3.8) is 0 Å². The summed E-state index contributed by atoms with van der Waals surface area (Å²) in [5, 5.41) is 0. The molecule has 1 aliphatic rings. The van der Waals surface area contributed by atoms with Gasteiger partial charge in [0.05, 0.1) is 4.58 Å². The van der Waals surface area contributed by atoms with Crippen molar-refractivity contribution in [1.29, 1.82) is 0 Å². The lowest BCUT2D eigenvalue weighted by molar-refractivity contribution is 0.0740. The largest absolute Gasteiger partial charge is 0.341 e. The van der Waals surface area contributed by atoms with Crippen LogP contribution in [0.1, 0.15) is 40.8 Å². The number of carbonyl (C=O) groups is 1. The molecule has 1 amide bonds. The first-order chi connectivity index (χ1) is 10.4. The zero-order valence-electron chi connectivity index (χ0n) is 14.1. The van der Waals surface area contributed by atoms with Crippen molar-refractivity contribution < 1.29 is 4.79 Å². The van der Waals surface area contributed by atoms with Gasteiger partial charge in [0.2, 0.25) is 0 Å². The summed E-state index contributed by atoms with van der Waals surface area (Å²) in [6.07, 6.45) is 1.30. The van der Waals surface area contributed by atoms with Gasteiger partial charge in [-0.3, -0.25) is 4.79 Å². The number of thioether (sulfide) groups is 2. The van der Waals surface area contributed by atoms with Gasteiger partial charge < -0.3 is 10.6 Å². The molecule has 23 heavy (non-hydrogen) atoms. The van der Waals surface area contributed by atoms with Crippen molar-refractivity contribution in [2.75, 3.05) is 31.6 Å². The minimum atomic E-state index is -0.0558. The standard InChI is InChI=1S/C17H26N2OS2.ClH/c1-17(2,11-18)12-19(3)15(20)13-5-7-14(8-6-13)16-21-9-4-10-22-16;/h5-8,16H,4,9-12,18H2,1-3H3;1H. The first kappa shape index (κ1) is 20.7. The first-order valence-electron chi connectivity index (χ1n) is 7.72. The minimum absolute atomic E-state index is 0. The van der Waals surface area contributed by atoms with E-state index in [4.69, 9.17) is 5.73 Å². The Labute approximate surface area is 154 Å². The molecular weight excluding hydrogens is 348 g/mol. The van der Waals surface area contributed by atoms with E-state index in [1.54, 1.807) is 4.90 Å². The zero-order valence-corrected chi connectivity index (χ0v) is 16.5. The third kappa shape index (κ3) is 5.89. The molecule has 0 radical (unpaired) electrons. The van der Waals surface area contributed by atoms with Gasteiger partial charge in [-0.2, -0.15) is 0 Å². The molecule has 1 heterocycles. The predicted octanol–water partition coefficient (Wildman–Crippen LogP) is 4.03. The fraction of sp³-hybridized carbons (Fsp3) is 0.588. The molecule has 0 bridgehead atoms. The Morgan fingerprint density at radius 3 is 2.35 bits per heavy atom. The summed E-state index contributed by atoms with van der Waals surface area (Å²) in [5.74, 6) is 2.53. The third-order valence-electron chi connectivity index (χ3n) is 3.82. The average molecular weight is 375 g/mol. The second-order valence-electron chi connectivity index (χ2n) is 6.58. The predicted molar refractivity (Wildman–Crippen MR) is 106 cm³/mol. The Hall–Kier alpha value is -0.360. The molecule has 0 atom stereocenters. The Balaban J connectivity index is 0.00000264. The Morgan fingerprint density at radius 1 is 1.26 bits per heavy atom. The fourth-order valence-electron chi connectivity index (χ4n) is 2.46. The van der Waals surface area contributed by atoms with Gasteiger partial charge in [0, 0.05) is 19.2 Å². The van der Waals surface area contributed by atoms with Crippen LogP contribution in [-0.4, -0.2) is 42.4 Å². The van der Waals surface area contributed by atoms with Crippen molar-refractivity contribution >= 4 is 41.8 Å². The van der Waals surface area contributed by atoms with E-state index in [1.807, 2.05) is 42.7 Å². The highest BCUT2D eigenvalue weighted by atomic mass is 35.5. The van der Waals surface area contributed by atoms with Gasteiger partial charge in [-0.1, -0.05) is 26.0 Å². The second-order valence-corrected chi connectivity index (χ2v) is 9.30. The number of rotatable bonds is 5.